The molecule has 61 heavy (non-hydrogen) atoms. The van der Waals surface area contributed by atoms with Gasteiger partial charge in [-0.25, -0.2) is 16.8 Å². The van der Waals surface area contributed by atoms with Crippen LogP contribution in [0.5, 0.6) is 0 Å². The van der Waals surface area contributed by atoms with Crippen molar-refractivity contribution in [3.8, 4) is 22.5 Å². The molecule has 0 bridgehead atoms. The van der Waals surface area contributed by atoms with Crippen molar-refractivity contribution in [2.45, 2.75) is 63.9 Å². The Morgan fingerprint density at radius 2 is 1.18 bits per heavy atom. The Bertz CT molecular complexity index is 2840. The van der Waals surface area contributed by atoms with Gasteiger partial charge in [-0.15, -0.1) is 0 Å². The molecule has 4 N–H and O–H groups in total. The number of hydrogen-bond donors (Lipinski definition) is 3. The lowest BCUT2D eigenvalue weighted by Crippen LogP contribution is -2.16. The molecule has 2 saturated heterocycles. The van der Waals surface area contributed by atoms with E-state index in [0.717, 1.165) is 105 Å². The molecule has 4 aromatic heterocycles. The first-order chi connectivity index (χ1) is 29.0. The summed E-state index contributed by atoms with van der Waals surface area (Å²) >= 11 is 0. The first-order valence-electron chi connectivity index (χ1n) is 20.4. The second-order valence-corrected chi connectivity index (χ2v) is 20.5. The fraction of sp³-hybridized carbons (Fsp3) is 0.400. The number of H-pyrrole nitrogens is 2. The molecule has 326 valence electrons. The lowest BCUT2D eigenvalue weighted by molar-refractivity contribution is -0.113. The second kappa shape index (κ2) is 19.6. The van der Waals surface area contributed by atoms with Crippen molar-refractivity contribution in [3.05, 3.63) is 122 Å². The normalized spacial score (nSPS) is 15.2. The van der Waals surface area contributed by atoms with Crippen LogP contribution in [0.1, 0.15) is 59.9 Å². The minimum atomic E-state index is -3.14. The van der Waals surface area contributed by atoms with Gasteiger partial charge in [0.05, 0.1) is 22.9 Å². The van der Waals surface area contributed by atoms with E-state index < -0.39 is 19.7 Å². The summed E-state index contributed by atoms with van der Waals surface area (Å²) in [4.78, 5) is 39.8. The molecule has 2 fully saturated rings. The van der Waals surface area contributed by atoms with Crippen molar-refractivity contribution in [3.63, 3.8) is 0 Å². The summed E-state index contributed by atoms with van der Waals surface area (Å²) in [7, 11) is -6.27. The number of rotatable bonds is 10. The largest absolute Gasteiger partial charge is 0.398 e. The lowest BCUT2D eigenvalue weighted by atomic mass is 9.90. The number of carbonyl (C=O) groups excluding carboxylic acids is 1. The van der Waals surface area contributed by atoms with Crippen LogP contribution in [-0.2, 0) is 51.9 Å². The van der Waals surface area contributed by atoms with Crippen LogP contribution in [-0.4, -0.2) is 80.8 Å². The number of hydrogen-bond acceptors (Lipinski definition) is 10. The number of nitrogens with one attached hydrogen (secondary N) is 2. The van der Waals surface area contributed by atoms with Gasteiger partial charge >= 0.3 is 0 Å². The van der Waals surface area contributed by atoms with E-state index in [1.165, 1.54) is 18.1 Å². The van der Waals surface area contributed by atoms with E-state index in [1.54, 1.807) is 41.2 Å². The quantitative estimate of drug-likeness (QED) is 0.111. The van der Waals surface area contributed by atoms with Crippen molar-refractivity contribution in [2.75, 3.05) is 44.7 Å². The number of benzene rings is 2. The van der Waals surface area contributed by atoms with Gasteiger partial charge in [-0.05, 0) is 116 Å². The molecule has 0 spiro atoms. The second-order valence-electron chi connectivity index (χ2n) is 16.2. The molecular formula is C45H55N5O9S2. The van der Waals surface area contributed by atoms with Crippen LogP contribution in [0.25, 0.3) is 33.5 Å². The molecule has 0 saturated carbocycles. The molecule has 0 aliphatic carbocycles. The summed E-state index contributed by atoms with van der Waals surface area (Å²) in [6.45, 7) is 6.97. The van der Waals surface area contributed by atoms with E-state index in [1.807, 2.05) is 48.7 Å². The Morgan fingerprint density at radius 1 is 0.705 bits per heavy atom. The summed E-state index contributed by atoms with van der Waals surface area (Å²) in [6.07, 6.45) is 16.3. The van der Waals surface area contributed by atoms with E-state index in [4.69, 9.17) is 15.2 Å². The molecule has 6 aromatic rings. The van der Waals surface area contributed by atoms with Gasteiger partial charge in [0.15, 0.2) is 19.7 Å². The van der Waals surface area contributed by atoms with E-state index in [9.17, 15) is 31.2 Å². The van der Waals surface area contributed by atoms with Gasteiger partial charge in [-0.1, -0.05) is 18.2 Å². The number of ether oxygens (including phenoxy) is 2. The standard InChI is InChI=1S/C23H28N2O4S.C16H17N3O3S.C6H10O2/c1-16-13-21(25-10-9-24-23(26)22(16)25)20-14-18(15-30(2,27)28)4-6-19(20)5-3-17-7-11-29-12-8-17;1-10-7-14(19-6-5-18-16(20)15(10)19)12-8-11(3-4-13(12)17)9-23(2,21)22;7-5-6-1-3-8-4-2-6/h4,6,9-10,13-14,17H,3,5,7-8,11-12,15H2,1-2H3,(H,24,26);3-8H,9,17H2,1-2H3,(H,18,20);5-6H,1-4H2. The van der Waals surface area contributed by atoms with Crippen LogP contribution in [0.2, 0.25) is 0 Å². The van der Waals surface area contributed by atoms with E-state index in [2.05, 4.69) is 16.0 Å². The molecule has 6 heterocycles. The molecule has 0 atom stereocenters. The summed E-state index contributed by atoms with van der Waals surface area (Å²) in [5.74, 6) is 0.881. The zero-order valence-electron chi connectivity index (χ0n) is 35.1. The predicted octanol–water partition coefficient (Wildman–Crippen LogP) is 5.85. The third-order valence-corrected chi connectivity index (χ3v) is 12.8. The molecule has 2 aliphatic heterocycles. The topological polar surface area (TPSA) is 204 Å². The fourth-order valence-corrected chi connectivity index (χ4v) is 9.63. The Morgan fingerprint density at radius 3 is 1.67 bits per heavy atom. The number of nitrogen functional groups attached to an aromatic ring is 1. The van der Waals surface area contributed by atoms with Gasteiger partial charge in [-0.3, -0.25) is 9.59 Å². The Labute approximate surface area is 356 Å². The van der Waals surface area contributed by atoms with Crippen molar-refractivity contribution >= 4 is 42.7 Å². The molecule has 0 amide bonds. The summed E-state index contributed by atoms with van der Waals surface area (Å²) < 4.78 is 60.9. The third-order valence-electron chi connectivity index (χ3n) is 11.1. The van der Waals surface area contributed by atoms with Gasteiger partial charge in [0.25, 0.3) is 11.1 Å². The highest BCUT2D eigenvalue weighted by Crippen LogP contribution is 2.32. The number of nitrogens with zero attached hydrogens (tertiary/aromatic N) is 2. The SMILES string of the molecule is Cc1cc(-c2cc(CS(C)(=O)=O)ccc2CCC2CCOCC2)n2cc[nH]c(=O)c12.Cc1cc(-c2cc(CS(C)(=O)=O)ccc2N)n2cc[nH]c(=O)c12.O=CC1CCOCC1. The molecule has 0 unspecified atom stereocenters. The van der Waals surface area contributed by atoms with Crippen LogP contribution in [0.3, 0.4) is 0 Å². The maximum absolute atomic E-state index is 12.3. The number of fused-ring (bicyclic) bond motifs is 2. The third kappa shape index (κ3) is 11.8. The number of aldehydes is 1. The van der Waals surface area contributed by atoms with Crippen molar-refractivity contribution < 1.29 is 31.1 Å². The number of anilines is 1. The number of carbonyl (C=O) groups is 1. The summed E-state index contributed by atoms with van der Waals surface area (Å²) in [5, 5.41) is 0. The Hall–Kier alpha value is -5.29. The van der Waals surface area contributed by atoms with E-state index >= 15 is 0 Å². The smallest absolute Gasteiger partial charge is 0.272 e. The average Bonchev–Trinajstić information content (AvgIpc) is 3.75. The number of sulfone groups is 2. The predicted molar refractivity (Wildman–Crippen MR) is 239 cm³/mol. The first-order valence-corrected chi connectivity index (χ1v) is 24.5. The van der Waals surface area contributed by atoms with E-state index in [0.29, 0.717) is 33.8 Å². The zero-order chi connectivity index (χ0) is 43.9. The van der Waals surface area contributed by atoms with E-state index in [-0.39, 0.29) is 28.5 Å². The van der Waals surface area contributed by atoms with Gasteiger partial charge in [0.2, 0.25) is 0 Å². The van der Waals surface area contributed by atoms with Crippen LogP contribution in [0.4, 0.5) is 5.69 Å². The van der Waals surface area contributed by atoms with Crippen LogP contribution in [0, 0.1) is 25.7 Å². The Balaban J connectivity index is 0.000000177. The maximum Gasteiger partial charge on any atom is 0.272 e. The number of aryl methyl sites for hydroxylation is 3. The maximum atomic E-state index is 12.3. The first kappa shape index (κ1) is 45.2. The van der Waals surface area contributed by atoms with Gasteiger partial charge in [0, 0.05) is 86.5 Å². The molecule has 8 rings (SSSR count). The van der Waals surface area contributed by atoms with Crippen molar-refractivity contribution in [2.24, 2.45) is 11.8 Å². The average molecular weight is 874 g/mol. The summed E-state index contributed by atoms with van der Waals surface area (Å²) in [5.41, 5.74) is 15.2. The van der Waals surface area contributed by atoms with Gasteiger partial charge < -0.3 is 38.8 Å². The van der Waals surface area contributed by atoms with Crippen LogP contribution in [0.15, 0.2) is 82.9 Å². The highest BCUT2D eigenvalue weighted by molar-refractivity contribution is 7.90. The molecular weight excluding hydrogens is 819 g/mol. The minimum absolute atomic E-state index is 0.00309. The monoisotopic (exact) mass is 873 g/mol. The molecule has 2 aliphatic rings. The van der Waals surface area contributed by atoms with Crippen molar-refractivity contribution in [1.29, 1.82) is 0 Å². The van der Waals surface area contributed by atoms with Crippen LogP contribution < -0.4 is 16.9 Å². The van der Waals surface area contributed by atoms with Gasteiger partial charge in [0.1, 0.15) is 17.3 Å². The highest BCUT2D eigenvalue weighted by Gasteiger charge is 2.19. The Kier molecular flexibility index (Phi) is 14.5. The number of aromatic amines is 2. The van der Waals surface area contributed by atoms with Gasteiger partial charge in [-0.2, -0.15) is 0 Å². The zero-order valence-corrected chi connectivity index (χ0v) is 36.7. The molecule has 16 heteroatoms. The fourth-order valence-electron chi connectivity index (χ4n) is 8.06. The minimum Gasteiger partial charge on any atom is -0.398 e. The molecule has 14 nitrogen and oxygen atoms in total. The van der Waals surface area contributed by atoms with Crippen LogP contribution >= 0.6 is 0 Å². The molecule has 2 aromatic carbocycles. The highest BCUT2D eigenvalue weighted by atomic mass is 32.2. The summed E-state index contributed by atoms with van der Waals surface area (Å²) in [6, 6.07) is 15.0. The van der Waals surface area contributed by atoms with Crippen molar-refractivity contribution in [1.82, 2.24) is 18.8 Å². The lowest BCUT2D eigenvalue weighted by Gasteiger charge is -2.22. The number of nitrogens with two attached hydrogens (primary N) is 1. The number of aromatic nitrogens is 4. The molecule has 0 radical (unpaired) electrons.